The van der Waals surface area contributed by atoms with E-state index in [2.05, 4.69) is 22.8 Å². The fourth-order valence-corrected chi connectivity index (χ4v) is 8.75. The number of methoxy groups -OCH3 is 2. The van der Waals surface area contributed by atoms with Crippen LogP contribution in [-0.4, -0.2) is 92.9 Å². The highest BCUT2D eigenvalue weighted by Crippen LogP contribution is 2.45. The zero-order valence-electron chi connectivity index (χ0n) is 39.4. The first-order valence-electron chi connectivity index (χ1n) is 22.4. The van der Waals surface area contributed by atoms with E-state index in [1.54, 1.807) is 99.6 Å². The van der Waals surface area contributed by atoms with Crippen molar-refractivity contribution in [2.75, 3.05) is 49.5 Å². The number of nitrogens with one attached hydrogen (secondary N) is 2. The molecular formula is C54H53N5O10. The number of esters is 1. The first kappa shape index (κ1) is 47.3. The quantitative estimate of drug-likeness (QED) is 0.0944. The number of likely N-dealkylation sites (N-methyl/N-ethyl adjacent to an activating group) is 1. The van der Waals surface area contributed by atoms with Crippen LogP contribution < -0.4 is 25.2 Å². The minimum Gasteiger partial charge on any atom is -0.496 e. The van der Waals surface area contributed by atoms with Crippen LogP contribution in [0.2, 0.25) is 0 Å². The molecule has 0 saturated carbocycles. The number of benzene rings is 6. The standard InChI is InChI=1S/C54H53N5O10/c1-32(57(5)53(65)69-54(2,3)4)48(60)56-44-30-59(46-19-13-12-18-45(46)58(50(44)62)29-42-37-26-22-35(51(63)67-7)28-34(37)23-27-47(42)66-6)49(61)33-20-24-36(25-21-33)55-52(64)68-31-43-40-16-10-8-14-38(40)39-15-9-11-17-41(39)43/h8-28,32,43-44H,29-31H2,1-7H3,(H,55,64)(H,56,60)/t32?,44-/m0/s1. The van der Waals surface area contributed by atoms with Gasteiger partial charge in [0, 0.05) is 29.8 Å². The molecule has 69 heavy (non-hydrogen) atoms. The summed E-state index contributed by atoms with van der Waals surface area (Å²) in [6, 6.07) is 35.5. The molecule has 15 nitrogen and oxygen atoms in total. The van der Waals surface area contributed by atoms with Crippen LogP contribution in [0.15, 0.2) is 127 Å². The van der Waals surface area contributed by atoms with Crippen molar-refractivity contribution in [1.82, 2.24) is 10.2 Å². The average molecular weight is 932 g/mol. The molecule has 6 aromatic carbocycles. The molecule has 0 saturated heterocycles. The number of nitrogens with zero attached hydrogens (tertiary/aromatic N) is 3. The molecule has 2 atom stereocenters. The fraction of sp³-hybridized carbons (Fsp3) is 0.259. The van der Waals surface area contributed by atoms with E-state index < -0.39 is 53.6 Å². The van der Waals surface area contributed by atoms with Crippen molar-refractivity contribution in [3.8, 4) is 16.9 Å². The Morgan fingerprint density at radius 2 is 1.41 bits per heavy atom. The number of rotatable bonds is 11. The molecule has 0 fully saturated rings. The predicted molar refractivity (Wildman–Crippen MR) is 262 cm³/mol. The van der Waals surface area contributed by atoms with Crippen LogP contribution in [0.25, 0.3) is 21.9 Å². The SMILES string of the molecule is COC(=O)c1ccc2c(CN3C(=O)[C@@H](NC(=O)C(C)N(C)C(=O)OC(C)(C)C)CN(C(=O)c4ccc(NC(=O)OCC5c6ccccc6-c6ccccc65)cc4)c4ccccc43)c(OC)ccc2c1. The molecule has 1 aliphatic heterocycles. The first-order valence-corrected chi connectivity index (χ1v) is 22.4. The molecule has 15 heteroatoms. The highest BCUT2D eigenvalue weighted by Gasteiger charge is 2.39. The summed E-state index contributed by atoms with van der Waals surface area (Å²) in [4.78, 5) is 86.7. The third-order valence-electron chi connectivity index (χ3n) is 12.4. The Morgan fingerprint density at radius 3 is 2.04 bits per heavy atom. The van der Waals surface area contributed by atoms with Crippen LogP contribution in [0.5, 0.6) is 5.75 Å². The molecule has 6 aromatic rings. The lowest BCUT2D eigenvalue weighted by molar-refractivity contribution is -0.130. The molecular weight excluding hydrogens is 879 g/mol. The monoisotopic (exact) mass is 931 g/mol. The van der Waals surface area contributed by atoms with Crippen molar-refractivity contribution in [3.05, 3.63) is 155 Å². The number of para-hydroxylation sites is 2. The molecule has 8 rings (SSSR count). The van der Waals surface area contributed by atoms with Crippen molar-refractivity contribution < 1.29 is 47.7 Å². The first-order chi connectivity index (χ1) is 33.1. The van der Waals surface area contributed by atoms with Gasteiger partial charge in [0.1, 0.15) is 30.0 Å². The van der Waals surface area contributed by atoms with E-state index in [0.717, 1.165) is 27.2 Å². The van der Waals surface area contributed by atoms with Gasteiger partial charge in [0.15, 0.2) is 0 Å². The molecule has 5 amide bonds. The molecule has 1 unspecified atom stereocenters. The van der Waals surface area contributed by atoms with E-state index in [4.69, 9.17) is 18.9 Å². The molecule has 0 radical (unpaired) electrons. The van der Waals surface area contributed by atoms with Gasteiger partial charge in [0.05, 0.1) is 44.2 Å². The second-order valence-electron chi connectivity index (χ2n) is 17.9. The third kappa shape index (κ3) is 9.80. The van der Waals surface area contributed by atoms with E-state index in [0.29, 0.717) is 44.7 Å². The van der Waals surface area contributed by atoms with Gasteiger partial charge < -0.3 is 34.1 Å². The highest BCUT2D eigenvalue weighted by molar-refractivity contribution is 6.13. The molecule has 1 aliphatic carbocycles. The van der Waals surface area contributed by atoms with Gasteiger partial charge in [-0.05, 0) is 115 Å². The smallest absolute Gasteiger partial charge is 0.411 e. The zero-order valence-corrected chi connectivity index (χ0v) is 39.4. The van der Waals surface area contributed by atoms with E-state index >= 15 is 4.79 Å². The van der Waals surface area contributed by atoms with E-state index in [-0.39, 0.29) is 31.2 Å². The van der Waals surface area contributed by atoms with E-state index in [9.17, 15) is 24.0 Å². The lowest BCUT2D eigenvalue weighted by atomic mass is 9.98. The number of amides is 5. The maximum absolute atomic E-state index is 15.1. The Kier molecular flexibility index (Phi) is 13.4. The Labute approximate surface area is 399 Å². The summed E-state index contributed by atoms with van der Waals surface area (Å²) in [5.74, 6) is -1.90. The van der Waals surface area contributed by atoms with Crippen LogP contribution >= 0.6 is 0 Å². The van der Waals surface area contributed by atoms with Gasteiger partial charge in [-0.15, -0.1) is 0 Å². The molecule has 2 aliphatic rings. The van der Waals surface area contributed by atoms with Gasteiger partial charge in [-0.2, -0.15) is 0 Å². The maximum Gasteiger partial charge on any atom is 0.411 e. The second kappa shape index (κ2) is 19.6. The Morgan fingerprint density at radius 1 is 0.783 bits per heavy atom. The van der Waals surface area contributed by atoms with Crippen molar-refractivity contribution in [2.24, 2.45) is 0 Å². The fourth-order valence-electron chi connectivity index (χ4n) is 8.75. The Hall–Kier alpha value is -8.20. The molecule has 0 aromatic heterocycles. The number of carbonyl (C=O) groups excluding carboxylic acids is 6. The average Bonchev–Trinajstić information content (AvgIpc) is 3.62. The summed E-state index contributed by atoms with van der Waals surface area (Å²) in [5, 5.41) is 6.98. The van der Waals surface area contributed by atoms with Crippen molar-refractivity contribution in [3.63, 3.8) is 0 Å². The normalized spacial score (nSPS) is 14.7. The van der Waals surface area contributed by atoms with Crippen molar-refractivity contribution in [1.29, 1.82) is 0 Å². The van der Waals surface area contributed by atoms with Crippen molar-refractivity contribution >= 4 is 63.7 Å². The number of ether oxygens (including phenoxy) is 4. The van der Waals surface area contributed by atoms with Gasteiger partial charge in [-0.25, -0.2) is 14.4 Å². The number of carbonyl (C=O) groups is 6. The number of fused-ring (bicyclic) bond motifs is 5. The Bertz CT molecular complexity index is 2940. The summed E-state index contributed by atoms with van der Waals surface area (Å²) in [7, 11) is 4.24. The summed E-state index contributed by atoms with van der Waals surface area (Å²) >= 11 is 0. The van der Waals surface area contributed by atoms with E-state index in [1.807, 2.05) is 36.4 Å². The zero-order chi connectivity index (χ0) is 49.1. The number of hydrogen-bond donors (Lipinski definition) is 2. The molecule has 2 N–H and O–H groups in total. The second-order valence-corrected chi connectivity index (χ2v) is 17.9. The molecule has 1 heterocycles. The summed E-state index contributed by atoms with van der Waals surface area (Å²) in [5.41, 5.74) is 5.85. The highest BCUT2D eigenvalue weighted by atomic mass is 16.6. The van der Waals surface area contributed by atoms with Gasteiger partial charge >= 0.3 is 18.2 Å². The molecule has 0 spiro atoms. The number of anilines is 3. The van der Waals surface area contributed by atoms with Gasteiger partial charge in [-0.3, -0.25) is 24.6 Å². The summed E-state index contributed by atoms with van der Waals surface area (Å²) in [6.07, 6.45) is -1.40. The largest absolute Gasteiger partial charge is 0.496 e. The molecule has 0 bridgehead atoms. The van der Waals surface area contributed by atoms with Crippen LogP contribution in [-0.2, 0) is 30.3 Å². The topological polar surface area (TPSA) is 173 Å². The van der Waals surface area contributed by atoms with E-state index in [1.165, 1.54) is 38.0 Å². The van der Waals surface area contributed by atoms with Crippen LogP contribution in [0.3, 0.4) is 0 Å². The minimum atomic E-state index is -1.33. The summed E-state index contributed by atoms with van der Waals surface area (Å²) in [6.45, 7) is 6.39. The Balaban J connectivity index is 1.08. The van der Waals surface area contributed by atoms with Crippen LogP contribution in [0.1, 0.15) is 71.0 Å². The lowest BCUT2D eigenvalue weighted by Crippen LogP contribution is -2.57. The van der Waals surface area contributed by atoms with Gasteiger partial charge in [-0.1, -0.05) is 72.8 Å². The third-order valence-corrected chi connectivity index (χ3v) is 12.4. The van der Waals surface area contributed by atoms with Gasteiger partial charge in [0.25, 0.3) is 11.8 Å². The minimum absolute atomic E-state index is 0.0774. The van der Waals surface area contributed by atoms with Crippen molar-refractivity contribution in [2.45, 2.75) is 57.8 Å². The lowest BCUT2D eigenvalue weighted by Gasteiger charge is -2.30. The maximum atomic E-state index is 15.1. The van der Waals surface area contributed by atoms with Crippen LogP contribution in [0, 0.1) is 0 Å². The number of hydrogen-bond acceptors (Lipinski definition) is 10. The van der Waals surface area contributed by atoms with Crippen LogP contribution in [0.4, 0.5) is 26.7 Å². The summed E-state index contributed by atoms with van der Waals surface area (Å²) < 4.78 is 22.0. The molecule has 354 valence electrons. The predicted octanol–water partition coefficient (Wildman–Crippen LogP) is 8.93. The van der Waals surface area contributed by atoms with Gasteiger partial charge in [0.2, 0.25) is 5.91 Å².